The molecule has 1 saturated heterocycles. The van der Waals surface area contributed by atoms with Crippen molar-refractivity contribution in [1.82, 2.24) is 24.5 Å². The lowest BCUT2D eigenvalue weighted by atomic mass is 10.1. The van der Waals surface area contributed by atoms with E-state index in [1.807, 2.05) is 44.2 Å². The number of benzene rings is 1. The van der Waals surface area contributed by atoms with Crippen LogP contribution in [0.4, 0.5) is 17.5 Å². The minimum Gasteiger partial charge on any atom is -0.364 e. The summed E-state index contributed by atoms with van der Waals surface area (Å²) in [5.41, 5.74) is 3.54. The molecule has 9 nitrogen and oxygen atoms in total. The molecule has 0 radical (unpaired) electrons. The first-order valence-electron chi connectivity index (χ1n) is 15.1. The van der Waals surface area contributed by atoms with Gasteiger partial charge in [0, 0.05) is 43.2 Å². The molecule has 2 N–H and O–H groups in total. The van der Waals surface area contributed by atoms with Gasteiger partial charge in [-0.1, -0.05) is 43.6 Å². The van der Waals surface area contributed by atoms with E-state index in [0.29, 0.717) is 24.1 Å². The van der Waals surface area contributed by atoms with Crippen molar-refractivity contribution in [2.24, 2.45) is 5.92 Å². The average Bonchev–Trinajstić information content (AvgIpc) is 3.95. The predicted octanol–water partition coefficient (Wildman–Crippen LogP) is 6.08. The van der Waals surface area contributed by atoms with E-state index in [0.717, 1.165) is 55.3 Å². The zero-order chi connectivity index (χ0) is 29.5. The highest BCUT2D eigenvalue weighted by atomic mass is 35.5. The van der Waals surface area contributed by atoms with Gasteiger partial charge in [0.1, 0.15) is 23.8 Å². The minimum absolute atomic E-state index is 0.0444. The summed E-state index contributed by atoms with van der Waals surface area (Å²) < 4.78 is 2.09. The predicted molar refractivity (Wildman–Crippen MR) is 170 cm³/mol. The summed E-state index contributed by atoms with van der Waals surface area (Å²) in [4.78, 5) is 25.3. The lowest BCUT2D eigenvalue weighted by Gasteiger charge is -2.34. The number of likely N-dealkylation sites (N-methyl/N-ethyl adjacent to an activating group) is 1. The first-order chi connectivity index (χ1) is 20.5. The summed E-state index contributed by atoms with van der Waals surface area (Å²) in [5, 5.41) is 11.9. The molecule has 4 heterocycles. The molecule has 10 heteroatoms. The first-order valence-corrected chi connectivity index (χ1v) is 15.4. The summed E-state index contributed by atoms with van der Waals surface area (Å²) in [7, 11) is 2.18. The number of anilines is 3. The van der Waals surface area contributed by atoms with E-state index in [4.69, 9.17) is 16.7 Å². The number of piperazine rings is 1. The Hall–Kier alpha value is -3.69. The quantitative estimate of drug-likeness (QED) is 0.270. The van der Waals surface area contributed by atoms with E-state index in [1.165, 1.54) is 30.6 Å². The summed E-state index contributed by atoms with van der Waals surface area (Å²) in [5.74, 6) is 3.29. The van der Waals surface area contributed by atoms with Gasteiger partial charge in [-0.3, -0.25) is 4.79 Å². The van der Waals surface area contributed by atoms with E-state index in [1.54, 1.807) is 6.07 Å². The average molecular weight is 589 g/mol. The summed E-state index contributed by atoms with van der Waals surface area (Å²) in [6.07, 6.45) is 5.98. The Morgan fingerprint density at radius 3 is 2.29 bits per heavy atom. The molecule has 222 valence electrons. The molecular weight excluding hydrogens is 548 g/mol. The molecule has 3 fully saturated rings. The van der Waals surface area contributed by atoms with Crippen LogP contribution in [0.15, 0.2) is 60.9 Å². The second-order valence-corrected chi connectivity index (χ2v) is 11.3. The topological polar surface area (TPSA) is 90.7 Å². The number of halogens is 1. The second kappa shape index (κ2) is 14.0. The Balaban J connectivity index is 0.000000341. The SMILES string of the molecule is CC.CN1CCN(c2cc(C3CC3)cc3cc(CNc4cc(NC(=O)C5CC5)ncn4)nn23)CC1.Clc1ccccc1. The van der Waals surface area contributed by atoms with Crippen molar-refractivity contribution >= 4 is 40.5 Å². The van der Waals surface area contributed by atoms with Gasteiger partial charge in [0.15, 0.2) is 0 Å². The van der Waals surface area contributed by atoms with Crippen LogP contribution in [0.3, 0.4) is 0 Å². The van der Waals surface area contributed by atoms with Gasteiger partial charge < -0.3 is 20.4 Å². The fourth-order valence-corrected chi connectivity index (χ4v) is 4.99. The minimum atomic E-state index is 0.0444. The maximum Gasteiger partial charge on any atom is 0.228 e. The van der Waals surface area contributed by atoms with E-state index in [9.17, 15) is 4.79 Å². The van der Waals surface area contributed by atoms with E-state index < -0.39 is 0 Å². The van der Waals surface area contributed by atoms with Gasteiger partial charge in [-0.2, -0.15) is 5.10 Å². The molecule has 3 aromatic heterocycles. The van der Waals surface area contributed by atoms with Crippen LogP contribution in [0.25, 0.3) is 5.52 Å². The molecule has 0 bridgehead atoms. The number of amides is 1. The third-order valence-corrected chi connectivity index (χ3v) is 7.79. The van der Waals surface area contributed by atoms with Crippen molar-refractivity contribution < 1.29 is 4.79 Å². The number of rotatable bonds is 7. The molecule has 4 aromatic rings. The maximum atomic E-state index is 12.0. The maximum absolute atomic E-state index is 12.0. The fraction of sp³-hybridized carbons (Fsp3) is 0.438. The Bertz CT molecular complexity index is 1460. The largest absolute Gasteiger partial charge is 0.364 e. The molecule has 1 aliphatic heterocycles. The zero-order valence-corrected chi connectivity index (χ0v) is 25.5. The molecule has 0 atom stereocenters. The van der Waals surface area contributed by atoms with Gasteiger partial charge in [0.25, 0.3) is 0 Å². The fourth-order valence-electron chi connectivity index (χ4n) is 4.85. The monoisotopic (exact) mass is 588 g/mol. The number of carbonyl (C=O) groups excluding carboxylic acids is 1. The van der Waals surface area contributed by atoms with Crippen molar-refractivity contribution in [2.45, 2.75) is 52.0 Å². The number of pyridine rings is 1. The number of carbonyl (C=O) groups is 1. The highest BCUT2D eigenvalue weighted by Crippen LogP contribution is 2.42. The lowest BCUT2D eigenvalue weighted by molar-refractivity contribution is -0.117. The zero-order valence-electron chi connectivity index (χ0n) is 24.8. The summed E-state index contributed by atoms with van der Waals surface area (Å²) in [6, 6.07) is 18.0. The van der Waals surface area contributed by atoms with Gasteiger partial charge in [0.05, 0.1) is 17.8 Å². The number of fused-ring (bicyclic) bond motifs is 1. The third kappa shape index (κ3) is 7.98. The third-order valence-electron chi connectivity index (χ3n) is 7.54. The van der Waals surface area contributed by atoms with Crippen molar-refractivity contribution in [3.05, 3.63) is 77.2 Å². The number of hydrogen-bond acceptors (Lipinski definition) is 7. The van der Waals surface area contributed by atoms with Crippen LogP contribution in [0, 0.1) is 5.92 Å². The number of nitrogens with zero attached hydrogens (tertiary/aromatic N) is 6. The van der Waals surface area contributed by atoms with Gasteiger partial charge >= 0.3 is 0 Å². The first kappa shape index (κ1) is 29.8. The van der Waals surface area contributed by atoms with Crippen molar-refractivity contribution in [3.63, 3.8) is 0 Å². The summed E-state index contributed by atoms with van der Waals surface area (Å²) in [6.45, 7) is 8.72. The van der Waals surface area contributed by atoms with Gasteiger partial charge in [0.2, 0.25) is 5.91 Å². The Kier molecular flexibility index (Phi) is 9.92. The van der Waals surface area contributed by atoms with Crippen molar-refractivity contribution in [2.75, 3.05) is 48.8 Å². The molecule has 0 spiro atoms. The number of aromatic nitrogens is 4. The standard InChI is InChI=1S/C24H30N8O.C6H5Cl.C2H6/c1-30-6-8-31(9-7-30)23-11-18(16-2-3-16)10-20-12-19(29-32(20)23)14-25-21-13-22(27-15-26-21)28-24(33)17-4-5-17;7-6-4-2-1-3-5-6;1-2/h10-13,15-17H,2-9,14H2,1H3,(H2,25,26,27,28,33);1-5H;1-2H3. The molecule has 7 rings (SSSR count). The smallest absolute Gasteiger partial charge is 0.228 e. The molecule has 1 aromatic carbocycles. The summed E-state index contributed by atoms with van der Waals surface area (Å²) >= 11 is 5.54. The van der Waals surface area contributed by atoms with Crippen LogP contribution in [-0.2, 0) is 11.3 Å². The highest BCUT2D eigenvalue weighted by Gasteiger charge is 2.30. The highest BCUT2D eigenvalue weighted by molar-refractivity contribution is 6.30. The normalized spacial score (nSPS) is 16.6. The molecule has 2 saturated carbocycles. The van der Waals surface area contributed by atoms with Crippen LogP contribution in [-0.4, -0.2) is 63.6 Å². The number of nitrogens with one attached hydrogen (secondary N) is 2. The van der Waals surface area contributed by atoms with Gasteiger partial charge in [-0.05, 0) is 74.5 Å². The van der Waals surface area contributed by atoms with Crippen LogP contribution < -0.4 is 15.5 Å². The number of hydrogen-bond donors (Lipinski definition) is 2. The van der Waals surface area contributed by atoms with E-state index >= 15 is 0 Å². The van der Waals surface area contributed by atoms with Crippen LogP contribution in [0.5, 0.6) is 0 Å². The van der Waals surface area contributed by atoms with Gasteiger partial charge in [-0.25, -0.2) is 14.5 Å². The molecule has 0 unspecified atom stereocenters. The van der Waals surface area contributed by atoms with Crippen molar-refractivity contribution in [1.29, 1.82) is 0 Å². The van der Waals surface area contributed by atoms with Crippen molar-refractivity contribution in [3.8, 4) is 0 Å². The lowest BCUT2D eigenvalue weighted by Crippen LogP contribution is -2.45. The molecule has 2 aliphatic carbocycles. The van der Waals surface area contributed by atoms with Crippen LogP contribution in [0.1, 0.15) is 56.7 Å². The van der Waals surface area contributed by atoms with Crippen LogP contribution >= 0.6 is 11.6 Å². The van der Waals surface area contributed by atoms with E-state index in [-0.39, 0.29) is 11.8 Å². The molecule has 1 amide bonds. The Labute approximate surface area is 253 Å². The Morgan fingerprint density at radius 1 is 0.929 bits per heavy atom. The van der Waals surface area contributed by atoms with Crippen LogP contribution in [0.2, 0.25) is 5.02 Å². The molecule has 42 heavy (non-hydrogen) atoms. The molecule has 3 aliphatic rings. The molecular formula is C32H41ClN8O. The van der Waals surface area contributed by atoms with Gasteiger partial charge in [-0.15, -0.1) is 0 Å². The van der Waals surface area contributed by atoms with E-state index in [2.05, 4.69) is 60.2 Å². The Morgan fingerprint density at radius 2 is 1.64 bits per heavy atom. The second-order valence-electron chi connectivity index (χ2n) is 10.9.